The van der Waals surface area contributed by atoms with Gasteiger partial charge >= 0.3 is 0 Å². The Kier molecular flexibility index (Phi) is 6.34. The molecule has 0 aromatic carbocycles. The van der Waals surface area contributed by atoms with E-state index in [9.17, 15) is 5.11 Å². The molecule has 3 nitrogen and oxygen atoms in total. The standard InChI is InChI=1S/C9H22N2O/c1-3-9(4-2,8-12)7-11-6-5-10/h11-12H,3-8,10H2,1-2H3. The second-order valence-electron chi connectivity index (χ2n) is 3.33. The molecule has 0 aromatic rings. The second kappa shape index (κ2) is 6.40. The summed E-state index contributed by atoms with van der Waals surface area (Å²) in [5.41, 5.74) is 5.42. The van der Waals surface area contributed by atoms with Gasteiger partial charge in [-0.25, -0.2) is 0 Å². The molecule has 0 aliphatic carbocycles. The van der Waals surface area contributed by atoms with E-state index in [1.54, 1.807) is 0 Å². The number of aliphatic hydroxyl groups excluding tert-OH is 1. The van der Waals surface area contributed by atoms with Gasteiger partial charge < -0.3 is 16.2 Å². The van der Waals surface area contributed by atoms with Crippen LogP contribution in [0, 0.1) is 5.41 Å². The Morgan fingerprint density at radius 3 is 2.25 bits per heavy atom. The van der Waals surface area contributed by atoms with Crippen molar-refractivity contribution >= 4 is 0 Å². The Bertz CT molecular complexity index is 94.4. The first-order chi connectivity index (χ1) is 5.74. The molecule has 0 radical (unpaired) electrons. The molecule has 0 fully saturated rings. The smallest absolute Gasteiger partial charge is 0.0499 e. The minimum absolute atomic E-state index is 0.0647. The van der Waals surface area contributed by atoms with Crippen LogP contribution in [0.1, 0.15) is 26.7 Å². The summed E-state index contributed by atoms with van der Waals surface area (Å²) in [6.45, 7) is 6.86. The summed E-state index contributed by atoms with van der Waals surface area (Å²) in [5.74, 6) is 0. The first-order valence-corrected chi connectivity index (χ1v) is 4.76. The summed E-state index contributed by atoms with van der Waals surface area (Å²) in [7, 11) is 0. The van der Waals surface area contributed by atoms with Crippen molar-refractivity contribution in [3.05, 3.63) is 0 Å². The zero-order valence-corrected chi connectivity index (χ0v) is 8.27. The molecular formula is C9H22N2O. The first kappa shape index (κ1) is 11.9. The molecule has 0 aliphatic heterocycles. The van der Waals surface area contributed by atoms with Crippen LogP contribution in [0.2, 0.25) is 0 Å². The van der Waals surface area contributed by atoms with E-state index >= 15 is 0 Å². The van der Waals surface area contributed by atoms with Crippen molar-refractivity contribution in [2.24, 2.45) is 11.1 Å². The summed E-state index contributed by atoms with van der Waals surface area (Å²) < 4.78 is 0. The topological polar surface area (TPSA) is 58.3 Å². The van der Waals surface area contributed by atoms with Crippen molar-refractivity contribution < 1.29 is 5.11 Å². The van der Waals surface area contributed by atoms with Crippen molar-refractivity contribution in [1.29, 1.82) is 0 Å². The lowest BCUT2D eigenvalue weighted by Crippen LogP contribution is -2.38. The normalized spacial score (nSPS) is 12.0. The Morgan fingerprint density at radius 1 is 1.33 bits per heavy atom. The molecule has 0 aromatic heterocycles. The highest BCUT2D eigenvalue weighted by Gasteiger charge is 2.24. The lowest BCUT2D eigenvalue weighted by Gasteiger charge is -2.29. The predicted octanol–water partition coefficient (Wildman–Crippen LogP) is 0.333. The number of nitrogens with two attached hydrogens (primary N) is 1. The highest BCUT2D eigenvalue weighted by Crippen LogP contribution is 2.23. The Balaban J connectivity index is 3.76. The van der Waals surface area contributed by atoms with Crippen LogP contribution in [0.3, 0.4) is 0 Å². The molecule has 74 valence electrons. The van der Waals surface area contributed by atoms with E-state index in [1.807, 2.05) is 0 Å². The van der Waals surface area contributed by atoms with E-state index in [1.165, 1.54) is 0 Å². The predicted molar refractivity (Wildman–Crippen MR) is 52.0 cm³/mol. The Labute approximate surface area is 75.3 Å². The fourth-order valence-corrected chi connectivity index (χ4v) is 1.24. The Morgan fingerprint density at radius 2 is 1.92 bits per heavy atom. The van der Waals surface area contributed by atoms with Gasteiger partial charge in [0.2, 0.25) is 0 Å². The third kappa shape index (κ3) is 3.52. The van der Waals surface area contributed by atoms with Gasteiger partial charge in [0.25, 0.3) is 0 Å². The lowest BCUT2D eigenvalue weighted by molar-refractivity contribution is 0.114. The molecule has 4 N–H and O–H groups in total. The van der Waals surface area contributed by atoms with E-state index in [0.29, 0.717) is 6.54 Å². The summed E-state index contributed by atoms with van der Waals surface area (Å²) >= 11 is 0. The molecule has 3 heteroatoms. The van der Waals surface area contributed by atoms with Crippen LogP contribution in [0.5, 0.6) is 0 Å². The molecule has 0 saturated heterocycles. The molecule has 12 heavy (non-hydrogen) atoms. The van der Waals surface area contributed by atoms with Crippen LogP contribution >= 0.6 is 0 Å². The third-order valence-corrected chi connectivity index (χ3v) is 2.66. The molecule has 0 saturated carbocycles. The summed E-state index contributed by atoms with van der Waals surface area (Å²) in [5, 5.41) is 12.4. The van der Waals surface area contributed by atoms with Gasteiger partial charge in [-0.3, -0.25) is 0 Å². The SMILES string of the molecule is CCC(CC)(CO)CNCCN. The number of hydrogen-bond donors (Lipinski definition) is 3. The van der Waals surface area contributed by atoms with Crippen LogP contribution in [-0.2, 0) is 0 Å². The average molecular weight is 174 g/mol. The van der Waals surface area contributed by atoms with Crippen LogP contribution in [0.15, 0.2) is 0 Å². The fraction of sp³-hybridized carbons (Fsp3) is 1.00. The van der Waals surface area contributed by atoms with Gasteiger partial charge in [0.1, 0.15) is 0 Å². The molecule has 0 aliphatic rings. The van der Waals surface area contributed by atoms with Crippen molar-refractivity contribution in [1.82, 2.24) is 5.32 Å². The largest absolute Gasteiger partial charge is 0.396 e. The van der Waals surface area contributed by atoms with Gasteiger partial charge in [-0.1, -0.05) is 13.8 Å². The molecule has 0 amide bonds. The third-order valence-electron chi connectivity index (χ3n) is 2.66. The van der Waals surface area contributed by atoms with E-state index < -0.39 is 0 Å². The zero-order valence-electron chi connectivity index (χ0n) is 8.27. The van der Waals surface area contributed by atoms with Crippen LogP contribution in [-0.4, -0.2) is 31.3 Å². The molecule has 0 unspecified atom stereocenters. The van der Waals surface area contributed by atoms with Crippen molar-refractivity contribution in [2.75, 3.05) is 26.2 Å². The van der Waals surface area contributed by atoms with Crippen molar-refractivity contribution in [3.8, 4) is 0 Å². The molecule has 0 spiro atoms. The van der Waals surface area contributed by atoms with Gasteiger partial charge in [-0.15, -0.1) is 0 Å². The van der Waals surface area contributed by atoms with Gasteiger partial charge in [0.05, 0.1) is 0 Å². The zero-order chi connectivity index (χ0) is 9.45. The van der Waals surface area contributed by atoms with E-state index in [0.717, 1.165) is 25.9 Å². The monoisotopic (exact) mass is 174 g/mol. The molecule has 0 bridgehead atoms. The maximum Gasteiger partial charge on any atom is 0.0499 e. The van der Waals surface area contributed by atoms with Crippen molar-refractivity contribution in [2.45, 2.75) is 26.7 Å². The summed E-state index contributed by atoms with van der Waals surface area (Å²) in [4.78, 5) is 0. The van der Waals surface area contributed by atoms with E-state index in [-0.39, 0.29) is 12.0 Å². The second-order valence-corrected chi connectivity index (χ2v) is 3.33. The van der Waals surface area contributed by atoms with Crippen molar-refractivity contribution in [3.63, 3.8) is 0 Å². The number of hydrogen-bond acceptors (Lipinski definition) is 3. The van der Waals surface area contributed by atoms with Crippen LogP contribution in [0.25, 0.3) is 0 Å². The highest BCUT2D eigenvalue weighted by molar-refractivity contribution is 4.77. The molecule has 0 heterocycles. The lowest BCUT2D eigenvalue weighted by atomic mass is 9.83. The molecule has 0 atom stereocenters. The summed E-state index contributed by atoms with van der Waals surface area (Å²) in [6, 6.07) is 0. The number of nitrogens with one attached hydrogen (secondary N) is 1. The highest BCUT2D eigenvalue weighted by atomic mass is 16.3. The molecular weight excluding hydrogens is 152 g/mol. The first-order valence-electron chi connectivity index (χ1n) is 4.76. The fourth-order valence-electron chi connectivity index (χ4n) is 1.24. The number of rotatable bonds is 7. The van der Waals surface area contributed by atoms with E-state index in [2.05, 4.69) is 19.2 Å². The Hall–Kier alpha value is -0.120. The van der Waals surface area contributed by atoms with Gasteiger partial charge in [-0.2, -0.15) is 0 Å². The van der Waals surface area contributed by atoms with Gasteiger partial charge in [-0.05, 0) is 12.8 Å². The van der Waals surface area contributed by atoms with Gasteiger partial charge in [0.15, 0.2) is 0 Å². The minimum Gasteiger partial charge on any atom is -0.396 e. The van der Waals surface area contributed by atoms with Gasteiger partial charge in [0, 0.05) is 31.7 Å². The quantitative estimate of drug-likeness (QED) is 0.488. The molecule has 0 rings (SSSR count). The average Bonchev–Trinajstić information content (AvgIpc) is 2.14. The minimum atomic E-state index is 0.0647. The summed E-state index contributed by atoms with van der Waals surface area (Å²) in [6.07, 6.45) is 2.02. The van der Waals surface area contributed by atoms with Crippen LogP contribution in [0.4, 0.5) is 0 Å². The van der Waals surface area contributed by atoms with E-state index in [4.69, 9.17) is 5.73 Å². The van der Waals surface area contributed by atoms with Crippen LogP contribution < -0.4 is 11.1 Å². The number of aliphatic hydroxyl groups is 1. The maximum absolute atomic E-state index is 9.20. The maximum atomic E-state index is 9.20.